The molecule has 0 radical (unpaired) electrons. The summed E-state index contributed by atoms with van der Waals surface area (Å²) in [5.74, 6) is 0.0168. The molecule has 0 aromatic heterocycles. The van der Waals surface area contributed by atoms with Gasteiger partial charge in [0.15, 0.2) is 0 Å². The van der Waals surface area contributed by atoms with Gasteiger partial charge in [0, 0.05) is 25.0 Å². The second kappa shape index (κ2) is 5.04. The highest BCUT2D eigenvalue weighted by Crippen LogP contribution is 2.35. The minimum Gasteiger partial charge on any atom is -0.469 e. The highest BCUT2D eigenvalue weighted by molar-refractivity contribution is 5.78. The first-order valence-corrected chi connectivity index (χ1v) is 6.25. The molecule has 1 amide bonds. The van der Waals surface area contributed by atoms with Gasteiger partial charge in [-0.1, -0.05) is 0 Å². The molecule has 1 saturated carbocycles. The summed E-state index contributed by atoms with van der Waals surface area (Å²) in [6.45, 7) is 1.51. The van der Waals surface area contributed by atoms with E-state index >= 15 is 0 Å². The first kappa shape index (κ1) is 12.4. The van der Waals surface area contributed by atoms with E-state index in [9.17, 15) is 9.59 Å². The van der Waals surface area contributed by atoms with Crippen molar-refractivity contribution >= 4 is 11.9 Å². The van der Waals surface area contributed by atoms with Crippen molar-refractivity contribution in [2.24, 2.45) is 5.92 Å². The first-order chi connectivity index (χ1) is 8.15. The van der Waals surface area contributed by atoms with Gasteiger partial charge in [-0.25, -0.2) is 0 Å². The van der Waals surface area contributed by atoms with E-state index in [4.69, 9.17) is 4.74 Å². The average Bonchev–Trinajstić information content (AvgIpc) is 2.51. The fourth-order valence-corrected chi connectivity index (χ4v) is 2.89. The topological polar surface area (TPSA) is 67.4 Å². The van der Waals surface area contributed by atoms with Gasteiger partial charge < -0.3 is 15.4 Å². The average molecular weight is 240 g/mol. The Bertz CT molecular complexity index is 309. The van der Waals surface area contributed by atoms with Gasteiger partial charge in [-0.05, 0) is 25.7 Å². The van der Waals surface area contributed by atoms with Gasteiger partial charge in [-0.15, -0.1) is 0 Å². The number of methoxy groups -OCH3 is 1. The summed E-state index contributed by atoms with van der Waals surface area (Å²) >= 11 is 0. The van der Waals surface area contributed by atoms with E-state index < -0.39 is 0 Å². The van der Waals surface area contributed by atoms with Crippen LogP contribution in [0.15, 0.2) is 0 Å². The lowest BCUT2D eigenvalue weighted by Crippen LogP contribution is -2.49. The smallest absolute Gasteiger partial charge is 0.308 e. The van der Waals surface area contributed by atoms with E-state index in [2.05, 4.69) is 10.6 Å². The minimum atomic E-state index is -0.113. The Morgan fingerprint density at radius 3 is 2.71 bits per heavy atom. The fourth-order valence-electron chi connectivity index (χ4n) is 2.89. The molecule has 1 heterocycles. The highest BCUT2D eigenvalue weighted by atomic mass is 16.5. The standard InChI is InChI=1S/C12H20N2O3/c1-17-11(16)9-2-4-12(5-3-9)8-10(15)13-6-7-14-12/h9,14H,2-8H2,1H3,(H,13,15). The Hall–Kier alpha value is -1.10. The maximum absolute atomic E-state index is 11.6. The second-order valence-electron chi connectivity index (χ2n) is 5.03. The van der Waals surface area contributed by atoms with E-state index in [-0.39, 0.29) is 23.3 Å². The predicted octanol–water partition coefficient (Wildman–Crippen LogP) is 0.198. The van der Waals surface area contributed by atoms with Crippen LogP contribution in [0.3, 0.4) is 0 Å². The second-order valence-corrected chi connectivity index (χ2v) is 5.03. The van der Waals surface area contributed by atoms with Crippen molar-refractivity contribution in [2.75, 3.05) is 20.2 Å². The zero-order valence-corrected chi connectivity index (χ0v) is 10.3. The Kier molecular flexibility index (Phi) is 3.66. The third-order valence-electron chi connectivity index (χ3n) is 3.92. The van der Waals surface area contributed by atoms with Gasteiger partial charge in [-0.2, -0.15) is 0 Å². The maximum Gasteiger partial charge on any atom is 0.308 e. The summed E-state index contributed by atoms with van der Waals surface area (Å²) in [5, 5.41) is 6.34. The van der Waals surface area contributed by atoms with Crippen molar-refractivity contribution in [3.63, 3.8) is 0 Å². The molecule has 2 aliphatic rings. The van der Waals surface area contributed by atoms with E-state index in [0.717, 1.165) is 32.2 Å². The quantitative estimate of drug-likeness (QED) is 0.642. The molecule has 1 aliphatic carbocycles. The molecule has 2 N–H and O–H groups in total. The van der Waals surface area contributed by atoms with E-state index in [1.54, 1.807) is 0 Å². The Morgan fingerprint density at radius 1 is 1.35 bits per heavy atom. The summed E-state index contributed by atoms with van der Waals surface area (Å²) in [4.78, 5) is 23.0. The van der Waals surface area contributed by atoms with Crippen molar-refractivity contribution in [3.05, 3.63) is 0 Å². The Morgan fingerprint density at radius 2 is 2.06 bits per heavy atom. The number of nitrogens with one attached hydrogen (secondary N) is 2. The Labute approximate surface area is 101 Å². The predicted molar refractivity (Wildman–Crippen MR) is 62.3 cm³/mol. The number of carbonyl (C=O) groups is 2. The summed E-state index contributed by atoms with van der Waals surface area (Å²) in [6, 6.07) is 0. The van der Waals surface area contributed by atoms with Crippen LogP contribution in [0, 0.1) is 5.92 Å². The monoisotopic (exact) mass is 240 g/mol. The third kappa shape index (κ3) is 2.77. The molecular formula is C12H20N2O3. The van der Waals surface area contributed by atoms with Gasteiger partial charge in [0.05, 0.1) is 13.0 Å². The molecule has 0 aromatic rings. The van der Waals surface area contributed by atoms with Crippen LogP contribution in [0.4, 0.5) is 0 Å². The summed E-state index contributed by atoms with van der Waals surface area (Å²) in [6.07, 6.45) is 3.90. The molecular weight excluding hydrogens is 220 g/mol. The lowest BCUT2D eigenvalue weighted by atomic mass is 9.74. The number of amides is 1. The van der Waals surface area contributed by atoms with Crippen LogP contribution in [0.25, 0.3) is 0 Å². The molecule has 2 rings (SSSR count). The molecule has 1 saturated heterocycles. The van der Waals surface area contributed by atoms with Crippen LogP contribution in [0.5, 0.6) is 0 Å². The molecule has 5 nitrogen and oxygen atoms in total. The van der Waals surface area contributed by atoms with Gasteiger partial charge in [0.1, 0.15) is 0 Å². The third-order valence-corrected chi connectivity index (χ3v) is 3.92. The number of ether oxygens (including phenoxy) is 1. The molecule has 0 aromatic carbocycles. The van der Waals surface area contributed by atoms with Crippen molar-refractivity contribution in [3.8, 4) is 0 Å². The normalized spacial score (nSPS) is 33.9. The largest absolute Gasteiger partial charge is 0.469 e. The molecule has 2 fully saturated rings. The molecule has 1 spiro atoms. The van der Waals surface area contributed by atoms with Crippen molar-refractivity contribution in [2.45, 2.75) is 37.6 Å². The number of hydrogen-bond acceptors (Lipinski definition) is 4. The zero-order valence-electron chi connectivity index (χ0n) is 10.3. The van der Waals surface area contributed by atoms with E-state index in [1.165, 1.54) is 7.11 Å². The number of carbonyl (C=O) groups excluding carboxylic acids is 2. The number of esters is 1. The number of rotatable bonds is 1. The van der Waals surface area contributed by atoms with Crippen molar-refractivity contribution < 1.29 is 14.3 Å². The molecule has 0 unspecified atom stereocenters. The summed E-state index contributed by atoms with van der Waals surface area (Å²) in [5.41, 5.74) is -0.0922. The van der Waals surface area contributed by atoms with Crippen LogP contribution in [-0.2, 0) is 14.3 Å². The van der Waals surface area contributed by atoms with Crippen molar-refractivity contribution in [1.29, 1.82) is 0 Å². The molecule has 1 aliphatic heterocycles. The van der Waals surface area contributed by atoms with Crippen LogP contribution < -0.4 is 10.6 Å². The molecule has 5 heteroatoms. The Balaban J connectivity index is 1.96. The molecule has 0 atom stereocenters. The lowest BCUT2D eigenvalue weighted by molar-refractivity contribution is -0.147. The maximum atomic E-state index is 11.6. The van der Waals surface area contributed by atoms with Gasteiger partial charge >= 0.3 is 5.97 Å². The zero-order chi connectivity index (χ0) is 12.3. The van der Waals surface area contributed by atoms with E-state index in [1.807, 2.05) is 0 Å². The molecule has 0 bridgehead atoms. The summed E-state index contributed by atoms with van der Waals surface area (Å²) in [7, 11) is 1.43. The van der Waals surface area contributed by atoms with Gasteiger partial charge in [0.25, 0.3) is 0 Å². The number of hydrogen-bond donors (Lipinski definition) is 2. The summed E-state index contributed by atoms with van der Waals surface area (Å²) < 4.78 is 4.77. The fraction of sp³-hybridized carbons (Fsp3) is 0.833. The van der Waals surface area contributed by atoms with Gasteiger partial charge in [0.2, 0.25) is 5.91 Å². The molecule has 17 heavy (non-hydrogen) atoms. The van der Waals surface area contributed by atoms with E-state index in [0.29, 0.717) is 13.0 Å². The molecule has 96 valence electrons. The van der Waals surface area contributed by atoms with Crippen LogP contribution in [-0.4, -0.2) is 37.6 Å². The highest BCUT2D eigenvalue weighted by Gasteiger charge is 2.39. The van der Waals surface area contributed by atoms with Crippen LogP contribution in [0.1, 0.15) is 32.1 Å². The van der Waals surface area contributed by atoms with Crippen LogP contribution >= 0.6 is 0 Å². The SMILES string of the molecule is COC(=O)C1CCC2(CC1)CC(=O)NCCN2. The first-order valence-electron chi connectivity index (χ1n) is 6.25. The lowest BCUT2D eigenvalue weighted by Gasteiger charge is -2.38. The van der Waals surface area contributed by atoms with Crippen LogP contribution in [0.2, 0.25) is 0 Å². The minimum absolute atomic E-state index is 0.0127. The van der Waals surface area contributed by atoms with Gasteiger partial charge in [-0.3, -0.25) is 9.59 Å². The van der Waals surface area contributed by atoms with Crippen molar-refractivity contribution in [1.82, 2.24) is 10.6 Å².